The predicted molar refractivity (Wildman–Crippen MR) is 109 cm³/mol. The minimum Gasteiger partial charge on any atom is -0.494 e. The fourth-order valence-electron chi connectivity index (χ4n) is 3.25. The lowest BCUT2D eigenvalue weighted by atomic mass is 9.91. The van der Waals surface area contributed by atoms with Gasteiger partial charge in [0, 0.05) is 0 Å². The van der Waals surface area contributed by atoms with E-state index >= 15 is 0 Å². The number of rotatable bonds is 9. The van der Waals surface area contributed by atoms with E-state index in [1.165, 1.54) is 21.3 Å². The van der Waals surface area contributed by atoms with Crippen LogP contribution in [0.25, 0.3) is 0 Å². The Bertz CT molecular complexity index is 963. The molecule has 0 unspecified atom stereocenters. The average molecular weight is 462 g/mol. The number of pyridine rings is 1. The Labute approximate surface area is 183 Å². The van der Waals surface area contributed by atoms with Crippen molar-refractivity contribution in [2.45, 2.75) is 32.4 Å². The number of aromatic nitrogens is 1. The number of hydrogen-bond donors (Lipinski definition) is 0. The number of methoxy groups -OCH3 is 4. The van der Waals surface area contributed by atoms with Crippen molar-refractivity contribution in [3.05, 3.63) is 39.7 Å². The SMILES string of the molecule is CCCCc1cc(OC)c(OC)c(OC)c1C(=O)c1c(OC)cnc(Cl)c1C(F)(F)F. The van der Waals surface area contributed by atoms with Gasteiger partial charge in [0.25, 0.3) is 0 Å². The maximum Gasteiger partial charge on any atom is 0.420 e. The van der Waals surface area contributed by atoms with Crippen LogP contribution in [0.3, 0.4) is 0 Å². The molecule has 31 heavy (non-hydrogen) atoms. The van der Waals surface area contributed by atoms with Gasteiger partial charge in [-0.05, 0) is 24.5 Å². The van der Waals surface area contributed by atoms with Crippen molar-refractivity contribution in [3.63, 3.8) is 0 Å². The van der Waals surface area contributed by atoms with Gasteiger partial charge in [0.2, 0.25) is 11.5 Å². The summed E-state index contributed by atoms with van der Waals surface area (Å²) in [5, 5.41) is -0.855. The zero-order chi connectivity index (χ0) is 23.3. The maximum absolute atomic E-state index is 13.8. The molecule has 0 amide bonds. The Balaban J connectivity index is 2.94. The zero-order valence-electron chi connectivity index (χ0n) is 17.8. The molecule has 0 aliphatic carbocycles. The summed E-state index contributed by atoms with van der Waals surface area (Å²) < 4.78 is 62.6. The fraction of sp³-hybridized carbons (Fsp3) is 0.429. The van der Waals surface area contributed by atoms with E-state index in [-0.39, 0.29) is 28.6 Å². The summed E-state index contributed by atoms with van der Waals surface area (Å²) in [6.45, 7) is 1.95. The van der Waals surface area contributed by atoms with Crippen molar-refractivity contribution in [3.8, 4) is 23.0 Å². The topological polar surface area (TPSA) is 66.9 Å². The molecule has 1 heterocycles. The zero-order valence-corrected chi connectivity index (χ0v) is 18.5. The fourth-order valence-corrected chi connectivity index (χ4v) is 3.51. The molecule has 0 aliphatic heterocycles. The second-order valence-electron chi connectivity index (χ2n) is 6.48. The first-order valence-corrected chi connectivity index (χ1v) is 9.70. The Kier molecular flexibility index (Phi) is 8.00. The lowest BCUT2D eigenvalue weighted by Gasteiger charge is -2.21. The van der Waals surface area contributed by atoms with Crippen molar-refractivity contribution in [2.24, 2.45) is 0 Å². The number of carbonyl (C=O) groups is 1. The van der Waals surface area contributed by atoms with Crippen LogP contribution < -0.4 is 18.9 Å². The van der Waals surface area contributed by atoms with Crippen molar-refractivity contribution in [2.75, 3.05) is 28.4 Å². The van der Waals surface area contributed by atoms with Gasteiger partial charge in [-0.3, -0.25) is 4.79 Å². The molecule has 10 heteroatoms. The molecule has 6 nitrogen and oxygen atoms in total. The number of unbranched alkanes of at least 4 members (excludes halogenated alkanes) is 1. The van der Waals surface area contributed by atoms with Gasteiger partial charge in [-0.15, -0.1) is 0 Å². The lowest BCUT2D eigenvalue weighted by molar-refractivity contribution is -0.138. The molecular formula is C21H23ClF3NO5. The van der Waals surface area contributed by atoms with Crippen LogP contribution in [0.2, 0.25) is 5.15 Å². The molecule has 0 fully saturated rings. The summed E-state index contributed by atoms with van der Waals surface area (Å²) in [5.41, 5.74) is -1.76. The van der Waals surface area contributed by atoms with Gasteiger partial charge in [-0.1, -0.05) is 24.9 Å². The van der Waals surface area contributed by atoms with Crippen LogP contribution in [0.1, 0.15) is 46.8 Å². The van der Waals surface area contributed by atoms with Crippen LogP contribution in [0.5, 0.6) is 23.0 Å². The van der Waals surface area contributed by atoms with Gasteiger partial charge < -0.3 is 18.9 Å². The maximum atomic E-state index is 13.8. The van der Waals surface area contributed by atoms with Crippen LogP contribution in [-0.2, 0) is 12.6 Å². The van der Waals surface area contributed by atoms with E-state index in [2.05, 4.69) is 4.98 Å². The van der Waals surface area contributed by atoms with E-state index in [1.807, 2.05) is 6.92 Å². The summed E-state index contributed by atoms with van der Waals surface area (Å²) >= 11 is 5.76. The second-order valence-corrected chi connectivity index (χ2v) is 6.84. The average Bonchev–Trinajstić information content (AvgIpc) is 2.74. The molecule has 1 aromatic carbocycles. The number of alkyl halides is 3. The first kappa shape index (κ1) is 24.6. The van der Waals surface area contributed by atoms with E-state index in [0.29, 0.717) is 18.4 Å². The number of benzene rings is 1. The van der Waals surface area contributed by atoms with Crippen LogP contribution >= 0.6 is 11.6 Å². The molecule has 0 aliphatic rings. The van der Waals surface area contributed by atoms with Crippen molar-refractivity contribution in [1.82, 2.24) is 4.98 Å². The van der Waals surface area contributed by atoms with Gasteiger partial charge in [0.05, 0.1) is 45.8 Å². The van der Waals surface area contributed by atoms with Gasteiger partial charge in [-0.25, -0.2) is 4.98 Å². The van der Waals surface area contributed by atoms with Gasteiger partial charge in [0.15, 0.2) is 11.5 Å². The van der Waals surface area contributed by atoms with E-state index in [9.17, 15) is 18.0 Å². The molecule has 2 rings (SSSR count). The molecular weight excluding hydrogens is 439 g/mol. The normalized spacial score (nSPS) is 11.3. The molecule has 0 N–H and O–H groups in total. The second kappa shape index (κ2) is 10.1. The Morgan fingerprint density at radius 3 is 2.10 bits per heavy atom. The minimum atomic E-state index is -4.95. The van der Waals surface area contributed by atoms with Gasteiger partial charge >= 0.3 is 6.18 Å². The molecule has 0 saturated heterocycles. The van der Waals surface area contributed by atoms with E-state index in [0.717, 1.165) is 19.7 Å². The van der Waals surface area contributed by atoms with Crippen LogP contribution in [0, 0.1) is 0 Å². The third-order valence-electron chi connectivity index (χ3n) is 4.67. The number of nitrogens with zero attached hydrogens (tertiary/aromatic N) is 1. The first-order chi connectivity index (χ1) is 14.7. The van der Waals surface area contributed by atoms with Gasteiger partial charge in [-0.2, -0.15) is 13.2 Å². The highest BCUT2D eigenvalue weighted by molar-refractivity contribution is 6.31. The van der Waals surface area contributed by atoms with E-state index < -0.39 is 28.2 Å². The van der Waals surface area contributed by atoms with Crippen LogP contribution in [-0.4, -0.2) is 39.2 Å². The monoisotopic (exact) mass is 461 g/mol. The van der Waals surface area contributed by atoms with Crippen LogP contribution in [0.4, 0.5) is 13.2 Å². The standard InChI is InChI=1S/C21H23ClF3NO5/c1-6-7-8-11-9-12(28-2)18(30-4)19(31-5)14(11)17(27)15-13(29-3)10-26-20(22)16(15)21(23,24)25/h9-10H,6-8H2,1-5H3. The summed E-state index contributed by atoms with van der Waals surface area (Å²) in [6.07, 6.45) is -2.10. The largest absolute Gasteiger partial charge is 0.494 e. The summed E-state index contributed by atoms with van der Waals surface area (Å²) in [5.74, 6) is -1.00. The third kappa shape index (κ3) is 4.81. The molecule has 0 bridgehead atoms. The first-order valence-electron chi connectivity index (χ1n) is 9.32. The molecule has 170 valence electrons. The Hall–Kier alpha value is -2.68. The molecule has 0 saturated carbocycles. The van der Waals surface area contributed by atoms with Crippen LogP contribution in [0.15, 0.2) is 12.3 Å². The number of ether oxygens (including phenoxy) is 4. The minimum absolute atomic E-state index is 0.0407. The van der Waals surface area contributed by atoms with E-state index in [1.54, 1.807) is 6.07 Å². The number of ketones is 1. The number of halogens is 4. The Morgan fingerprint density at radius 2 is 1.61 bits per heavy atom. The summed E-state index contributed by atoms with van der Waals surface area (Å²) in [7, 11) is 5.19. The number of carbonyl (C=O) groups excluding carboxylic acids is 1. The van der Waals surface area contributed by atoms with Crippen molar-refractivity contribution in [1.29, 1.82) is 0 Å². The van der Waals surface area contributed by atoms with Crippen molar-refractivity contribution < 1.29 is 36.9 Å². The summed E-state index contributed by atoms with van der Waals surface area (Å²) in [4.78, 5) is 17.2. The molecule has 0 spiro atoms. The Morgan fingerprint density at radius 1 is 1.00 bits per heavy atom. The highest BCUT2D eigenvalue weighted by Gasteiger charge is 2.42. The summed E-state index contributed by atoms with van der Waals surface area (Å²) in [6, 6.07) is 1.56. The predicted octanol–water partition coefficient (Wildman–Crippen LogP) is 5.36. The van der Waals surface area contributed by atoms with E-state index in [4.69, 9.17) is 30.5 Å². The highest BCUT2D eigenvalue weighted by Crippen LogP contribution is 2.46. The lowest BCUT2D eigenvalue weighted by Crippen LogP contribution is -2.19. The molecule has 0 radical (unpaired) electrons. The van der Waals surface area contributed by atoms with Crippen molar-refractivity contribution >= 4 is 17.4 Å². The molecule has 1 aromatic heterocycles. The van der Waals surface area contributed by atoms with Gasteiger partial charge in [0.1, 0.15) is 16.5 Å². The third-order valence-corrected chi connectivity index (χ3v) is 4.95. The number of hydrogen-bond acceptors (Lipinski definition) is 6. The molecule has 0 atom stereocenters. The number of aryl methyl sites for hydroxylation is 1. The quantitative estimate of drug-likeness (QED) is 0.370. The molecule has 2 aromatic rings. The highest BCUT2D eigenvalue weighted by atomic mass is 35.5. The smallest absolute Gasteiger partial charge is 0.420 e.